The summed E-state index contributed by atoms with van der Waals surface area (Å²) >= 11 is 0. The normalized spacial score (nSPS) is 11.9. The van der Waals surface area contributed by atoms with Crippen molar-refractivity contribution in [2.24, 2.45) is 5.41 Å². The molecule has 133 heavy (non-hydrogen) atoms. The molecule has 0 spiro atoms. The maximum atomic E-state index is 15.5. The number of ether oxygens (including phenoxy) is 8. The SMILES string of the molecule is Cc1cc(C)c(C(=O)P(=O)(CCC(=O)OCCOCC(COCCOC(=O)CCP(=O)(C(=O)c2c(C)cc(C)cc2C)C(=O)c2c(C)cc(C)cc2C)(COCCOC(=O)CCP(=O)(C(=O)c2c(C)cc(C)cc2C)C(=O)c2c(C)cc(C)cc2C)COCCOC(=O)CCP(=O)(C(=O)c2c(C)cc(C)cc2C)C(=O)c2c(C)cc(C)cc2C)C(=O)c2c(C)cc(C)cc2C)c(C)c1. The summed E-state index contributed by atoms with van der Waals surface area (Å²) in [7, 11) is -18.6. The number of rotatable bonds is 48. The van der Waals surface area contributed by atoms with Gasteiger partial charge in [-0.25, -0.2) is 0 Å². The minimum atomic E-state index is -4.66. The molecule has 8 aromatic rings. The van der Waals surface area contributed by atoms with E-state index in [0.29, 0.717) is 89.0 Å². The average Bonchev–Trinajstić information content (AvgIpc) is 0.772. The Morgan fingerprint density at radius 1 is 0.195 bits per heavy atom. The summed E-state index contributed by atoms with van der Waals surface area (Å²) in [5.74, 6) is -3.74. The van der Waals surface area contributed by atoms with Crippen molar-refractivity contribution >= 4 is 96.6 Å². The van der Waals surface area contributed by atoms with Crippen LogP contribution in [0.1, 0.15) is 242 Å². The molecule has 0 fully saturated rings. The van der Waals surface area contributed by atoms with Crippen molar-refractivity contribution in [2.75, 3.05) is 104 Å². The Morgan fingerprint density at radius 2 is 0.308 bits per heavy atom. The predicted octanol–water partition coefficient (Wildman–Crippen LogP) is 21.4. The van der Waals surface area contributed by atoms with Gasteiger partial charge in [-0.15, -0.1) is 0 Å². The first kappa shape index (κ1) is 108. The number of esters is 4. The first-order valence-electron chi connectivity index (χ1n) is 44.6. The van der Waals surface area contributed by atoms with Gasteiger partial charge >= 0.3 is 23.9 Å². The quantitative estimate of drug-likeness (QED) is 0.0148. The van der Waals surface area contributed by atoms with E-state index in [4.69, 9.17) is 37.9 Å². The molecule has 0 aliphatic heterocycles. The van der Waals surface area contributed by atoms with Gasteiger partial charge in [0.2, 0.25) is 72.8 Å². The lowest BCUT2D eigenvalue weighted by Gasteiger charge is -2.33. The Bertz CT molecular complexity index is 4940. The fraction of sp³-hybridized carbons (Fsp3) is 0.429. The second-order valence-corrected chi connectivity index (χ2v) is 47.0. The first-order valence-corrected chi connectivity index (χ1v) is 52.1. The minimum Gasteiger partial charge on any atom is -0.463 e. The summed E-state index contributed by atoms with van der Waals surface area (Å²) in [5, 5.41) is 0. The molecule has 0 unspecified atom stereocenters. The van der Waals surface area contributed by atoms with Crippen molar-refractivity contribution in [2.45, 2.75) is 192 Å². The van der Waals surface area contributed by atoms with Crippen molar-refractivity contribution in [3.05, 3.63) is 275 Å². The van der Waals surface area contributed by atoms with Crippen molar-refractivity contribution in [3.63, 3.8) is 0 Å². The number of carbonyl (C=O) groups excluding carboxylic acids is 12. The van der Waals surface area contributed by atoms with E-state index in [-0.39, 0.29) is 70.9 Å². The molecule has 0 heterocycles. The van der Waals surface area contributed by atoms with E-state index in [1.165, 1.54) is 0 Å². The largest absolute Gasteiger partial charge is 0.463 e. The number of hydrogen-bond acceptors (Lipinski definition) is 24. The van der Waals surface area contributed by atoms with Crippen LogP contribution in [0.15, 0.2) is 97.1 Å². The van der Waals surface area contributed by atoms with Gasteiger partial charge in [0.1, 0.15) is 26.4 Å². The molecule has 712 valence electrons. The topological polar surface area (TPSA) is 347 Å². The first-order chi connectivity index (χ1) is 62.3. The monoisotopic (exact) mass is 1900 g/mol. The lowest BCUT2D eigenvalue weighted by atomic mass is 9.92. The predicted molar refractivity (Wildman–Crippen MR) is 518 cm³/mol. The second kappa shape index (κ2) is 46.3. The molecule has 0 saturated carbocycles. The van der Waals surface area contributed by atoms with Gasteiger partial charge in [0.15, 0.2) is 0 Å². The maximum absolute atomic E-state index is 15.5. The molecule has 0 aromatic heterocycles. The number of aryl methyl sites for hydroxylation is 24. The van der Waals surface area contributed by atoms with Crippen LogP contribution in [0.25, 0.3) is 0 Å². The van der Waals surface area contributed by atoms with Crippen LogP contribution in [-0.4, -0.2) is 172 Å². The number of carbonyl (C=O) groups is 12. The highest BCUT2D eigenvalue weighted by Crippen LogP contribution is 2.59. The van der Waals surface area contributed by atoms with Crippen molar-refractivity contribution in [1.29, 1.82) is 0 Å². The van der Waals surface area contributed by atoms with Crippen LogP contribution in [-0.2, 0) is 75.3 Å². The van der Waals surface area contributed by atoms with Gasteiger partial charge in [-0.1, -0.05) is 142 Å². The summed E-state index contributed by atoms with van der Waals surface area (Å²) in [5.41, 5.74) is 6.74. The van der Waals surface area contributed by atoms with E-state index in [1.54, 1.807) is 208 Å². The molecule has 0 bridgehead atoms. The van der Waals surface area contributed by atoms with Crippen LogP contribution in [0.2, 0.25) is 0 Å². The van der Waals surface area contributed by atoms with Gasteiger partial charge in [0.05, 0.1) is 84.0 Å². The summed E-state index contributed by atoms with van der Waals surface area (Å²) in [4.78, 5) is 174. The van der Waals surface area contributed by atoms with Gasteiger partial charge < -0.3 is 56.2 Å². The average molecular weight is 1900 g/mol. The molecular formula is C105H128O24P4. The molecule has 8 aromatic carbocycles. The van der Waals surface area contributed by atoms with E-state index >= 15 is 18.3 Å². The van der Waals surface area contributed by atoms with Crippen LogP contribution in [0.5, 0.6) is 0 Å². The third-order valence-electron chi connectivity index (χ3n) is 23.9. The van der Waals surface area contributed by atoms with Crippen LogP contribution in [0.3, 0.4) is 0 Å². The van der Waals surface area contributed by atoms with E-state index in [0.717, 1.165) is 44.5 Å². The van der Waals surface area contributed by atoms with E-state index < -0.39 is 205 Å². The fourth-order valence-electron chi connectivity index (χ4n) is 18.3. The molecule has 8 rings (SSSR count). The molecule has 0 amide bonds. The van der Waals surface area contributed by atoms with Crippen molar-refractivity contribution in [1.82, 2.24) is 0 Å². The zero-order valence-electron chi connectivity index (χ0n) is 81.5. The Kier molecular flexibility index (Phi) is 37.7. The summed E-state index contributed by atoms with van der Waals surface area (Å²) in [6, 6.07) is 27.9. The molecular weight excluding hydrogens is 1770 g/mol. The van der Waals surface area contributed by atoms with Crippen LogP contribution < -0.4 is 0 Å². The Morgan fingerprint density at radius 3 is 0.421 bits per heavy atom. The Balaban J connectivity index is 1.07. The van der Waals surface area contributed by atoms with E-state index in [9.17, 15) is 57.5 Å². The van der Waals surface area contributed by atoms with Crippen LogP contribution >= 0.6 is 28.6 Å². The molecule has 0 atom stereocenters. The third kappa shape index (κ3) is 26.3. The van der Waals surface area contributed by atoms with Gasteiger partial charge in [0, 0.05) is 69.2 Å². The van der Waals surface area contributed by atoms with Gasteiger partial charge in [0.25, 0.3) is 0 Å². The molecule has 0 radical (unpaired) electrons. The molecule has 0 aliphatic rings. The minimum absolute atomic E-state index is 0.107. The third-order valence-corrected chi connectivity index (χ3v) is 34.3. The Labute approximate surface area is 782 Å². The summed E-state index contributed by atoms with van der Waals surface area (Å²) < 4.78 is 110. The van der Waals surface area contributed by atoms with Crippen molar-refractivity contribution < 1.29 is 114 Å². The zero-order valence-corrected chi connectivity index (χ0v) is 85.0. The Hall–Kier alpha value is -10.2. The highest BCUT2D eigenvalue weighted by molar-refractivity contribution is 7.96. The van der Waals surface area contributed by atoms with Crippen molar-refractivity contribution in [3.8, 4) is 0 Å². The molecule has 28 heteroatoms. The highest BCUT2D eigenvalue weighted by Gasteiger charge is 2.49. The maximum Gasteiger partial charge on any atom is 0.306 e. The summed E-state index contributed by atoms with van der Waals surface area (Å²) in [6.45, 7) is 36.7. The smallest absolute Gasteiger partial charge is 0.306 e. The van der Waals surface area contributed by atoms with E-state index in [2.05, 4.69) is 0 Å². The van der Waals surface area contributed by atoms with E-state index in [1.807, 2.05) is 55.4 Å². The van der Waals surface area contributed by atoms with Gasteiger partial charge in [-0.3, -0.25) is 57.5 Å². The number of hydrogen-bond donors (Lipinski definition) is 0. The highest BCUT2D eigenvalue weighted by atomic mass is 31.2. The summed E-state index contributed by atoms with van der Waals surface area (Å²) in [6.07, 6.45) is -5.26. The van der Waals surface area contributed by atoms with Gasteiger partial charge in [-0.05, 0) is 255 Å². The molecule has 0 N–H and O–H groups in total. The second-order valence-electron chi connectivity index (χ2n) is 36.1. The number of benzene rings is 8. The van der Waals surface area contributed by atoms with Crippen LogP contribution in [0.4, 0.5) is 0 Å². The molecule has 0 aliphatic carbocycles. The lowest BCUT2D eigenvalue weighted by molar-refractivity contribution is -0.151. The zero-order chi connectivity index (χ0) is 99.0. The lowest BCUT2D eigenvalue weighted by Crippen LogP contribution is -2.43. The molecule has 0 saturated heterocycles. The van der Waals surface area contributed by atoms with Gasteiger partial charge in [-0.2, -0.15) is 0 Å². The molecule has 24 nitrogen and oxygen atoms in total. The fourth-order valence-corrected chi connectivity index (χ4v) is 28.4. The standard InChI is InChI=1S/C105H128O24P4/c1-61-41-69(9)89(70(10)42-61)97(110)130(118,98(111)90-71(11)43-62(2)44-72(90)12)37-25-85(106)126-33-29-122-57-105(58-123-30-34-127-86(107)26-38-131(119,99(112)91-73(13)45-63(3)46-74(91)14)100(113)92-75(15)47-64(4)48-76(92)16,59-124-31-35-128-87(108)27-39-132(120,101(114)93-77(17)49-65(5)50-78(93)18)102(115)94-79(19)51-66(6)52-80(94)20)60-125-32-36-129-88(109)28-40-133(121,103(116)95-81(21)53-67(7)54-82(95)22)104(117)96-83(23)55-68(8)56-84(96)24/h41-56H,25-40,57-60H2,1-24H3. The van der Waals surface area contributed by atoms with Crippen LogP contribution in [0, 0.1) is 172 Å².